The molecule has 1 saturated heterocycles. The Morgan fingerprint density at radius 2 is 2.14 bits per heavy atom. The Kier molecular flexibility index (Phi) is 6.26. The molecule has 0 atom stereocenters. The summed E-state index contributed by atoms with van der Waals surface area (Å²) in [6, 6.07) is 5.89. The number of hydrogen-bond donors (Lipinski definition) is 2. The lowest BCUT2D eigenvalue weighted by Gasteiger charge is -2.39. The van der Waals surface area contributed by atoms with Gasteiger partial charge in [-0.3, -0.25) is 14.6 Å². The van der Waals surface area contributed by atoms with Crippen LogP contribution in [0.2, 0.25) is 0 Å². The van der Waals surface area contributed by atoms with E-state index in [0.717, 1.165) is 29.8 Å². The standard InChI is InChI=1S/C21H27N5O2/c1-4-17-10-15(7-8-22-17)16-11-19(21(28)23-12-16)24-18-13-26(14-18)20(27)6-5-9-25(2)3/h5-8,10-12,18,24H,4,9,13-14H2,1-3H3,(H,23,28)/b6-5+. The Balaban J connectivity index is 1.62. The number of likely N-dealkylation sites (N-methyl/N-ethyl adjacent to an activating group) is 1. The third kappa shape index (κ3) is 4.86. The molecule has 28 heavy (non-hydrogen) atoms. The maximum atomic E-state index is 12.2. The second-order valence-electron chi connectivity index (χ2n) is 7.27. The molecule has 2 aromatic heterocycles. The summed E-state index contributed by atoms with van der Waals surface area (Å²) < 4.78 is 0. The molecule has 2 aromatic rings. The van der Waals surface area contributed by atoms with E-state index in [1.807, 2.05) is 43.3 Å². The Morgan fingerprint density at radius 1 is 1.36 bits per heavy atom. The molecule has 0 radical (unpaired) electrons. The Bertz CT molecular complexity index is 913. The molecule has 0 unspecified atom stereocenters. The van der Waals surface area contributed by atoms with Gasteiger partial charge in [-0.2, -0.15) is 0 Å². The number of rotatable bonds is 7. The predicted octanol–water partition coefficient (Wildman–Crippen LogP) is 1.74. The number of pyridine rings is 2. The minimum Gasteiger partial charge on any atom is -0.374 e. The van der Waals surface area contributed by atoms with Crippen molar-refractivity contribution in [1.29, 1.82) is 0 Å². The molecule has 0 aliphatic carbocycles. The topological polar surface area (TPSA) is 81.3 Å². The zero-order valence-electron chi connectivity index (χ0n) is 16.6. The number of H-pyrrole nitrogens is 1. The minimum atomic E-state index is -0.163. The summed E-state index contributed by atoms with van der Waals surface area (Å²) in [5.74, 6) is 0.00596. The first-order chi connectivity index (χ1) is 13.5. The van der Waals surface area contributed by atoms with Gasteiger partial charge < -0.3 is 20.1 Å². The molecule has 7 heteroatoms. The number of carbonyl (C=O) groups excluding carboxylic acids is 1. The van der Waals surface area contributed by atoms with Gasteiger partial charge in [0.25, 0.3) is 5.56 Å². The maximum absolute atomic E-state index is 12.2. The molecule has 0 saturated carbocycles. The molecular formula is C21H27N5O2. The molecule has 3 heterocycles. The summed E-state index contributed by atoms with van der Waals surface area (Å²) in [4.78, 5) is 35.2. The Labute approximate surface area is 165 Å². The fourth-order valence-corrected chi connectivity index (χ4v) is 3.05. The normalized spacial score (nSPS) is 14.5. The third-order valence-corrected chi connectivity index (χ3v) is 4.70. The number of aryl methyl sites for hydroxylation is 1. The van der Waals surface area contributed by atoms with E-state index in [0.29, 0.717) is 18.8 Å². The van der Waals surface area contributed by atoms with E-state index < -0.39 is 0 Å². The average molecular weight is 381 g/mol. The Morgan fingerprint density at radius 3 is 2.86 bits per heavy atom. The number of aromatic nitrogens is 2. The molecule has 2 N–H and O–H groups in total. The van der Waals surface area contributed by atoms with Gasteiger partial charge >= 0.3 is 0 Å². The fourth-order valence-electron chi connectivity index (χ4n) is 3.05. The average Bonchev–Trinajstić information content (AvgIpc) is 2.65. The van der Waals surface area contributed by atoms with Crippen LogP contribution in [0.4, 0.5) is 5.69 Å². The van der Waals surface area contributed by atoms with Crippen LogP contribution in [0.5, 0.6) is 0 Å². The van der Waals surface area contributed by atoms with Crippen molar-refractivity contribution in [1.82, 2.24) is 19.8 Å². The molecule has 0 bridgehead atoms. The fraction of sp³-hybridized carbons (Fsp3) is 0.381. The molecule has 0 aromatic carbocycles. The molecule has 1 aliphatic heterocycles. The van der Waals surface area contributed by atoms with Crippen LogP contribution < -0.4 is 10.9 Å². The summed E-state index contributed by atoms with van der Waals surface area (Å²) in [6.07, 6.45) is 7.83. The highest BCUT2D eigenvalue weighted by Crippen LogP contribution is 2.21. The highest BCUT2D eigenvalue weighted by atomic mass is 16.2. The number of amides is 1. The second-order valence-corrected chi connectivity index (χ2v) is 7.27. The van der Waals surface area contributed by atoms with Gasteiger partial charge in [-0.1, -0.05) is 13.0 Å². The quantitative estimate of drug-likeness (QED) is 0.714. The number of nitrogens with one attached hydrogen (secondary N) is 2. The van der Waals surface area contributed by atoms with Crippen molar-refractivity contribution in [3.8, 4) is 11.1 Å². The Hall–Kier alpha value is -2.93. The predicted molar refractivity (Wildman–Crippen MR) is 111 cm³/mol. The lowest BCUT2D eigenvalue weighted by molar-refractivity contribution is -0.129. The summed E-state index contributed by atoms with van der Waals surface area (Å²) in [5.41, 5.74) is 3.31. The SMILES string of the molecule is CCc1cc(-c2c[nH]c(=O)c(NC3CN(C(=O)/C=C/CN(C)C)C3)c2)ccn1. The highest BCUT2D eigenvalue weighted by Gasteiger charge is 2.29. The van der Waals surface area contributed by atoms with Crippen LogP contribution >= 0.6 is 0 Å². The molecule has 3 rings (SSSR count). The number of carbonyl (C=O) groups is 1. The summed E-state index contributed by atoms with van der Waals surface area (Å²) in [6.45, 7) is 3.97. The van der Waals surface area contributed by atoms with Gasteiger partial charge in [-0.05, 0) is 44.3 Å². The maximum Gasteiger partial charge on any atom is 0.271 e. The van der Waals surface area contributed by atoms with Gasteiger partial charge in [-0.25, -0.2) is 0 Å². The van der Waals surface area contributed by atoms with Crippen molar-refractivity contribution >= 4 is 11.6 Å². The van der Waals surface area contributed by atoms with Gasteiger partial charge in [0.2, 0.25) is 5.91 Å². The molecular weight excluding hydrogens is 354 g/mol. The zero-order valence-corrected chi connectivity index (χ0v) is 16.6. The van der Waals surface area contributed by atoms with Crippen LogP contribution in [-0.4, -0.2) is 65.4 Å². The van der Waals surface area contributed by atoms with Crippen molar-refractivity contribution in [2.24, 2.45) is 0 Å². The molecule has 7 nitrogen and oxygen atoms in total. The van der Waals surface area contributed by atoms with Crippen molar-refractivity contribution in [3.63, 3.8) is 0 Å². The van der Waals surface area contributed by atoms with E-state index in [4.69, 9.17) is 0 Å². The molecule has 1 fully saturated rings. The van der Waals surface area contributed by atoms with E-state index in [2.05, 4.69) is 22.2 Å². The first-order valence-corrected chi connectivity index (χ1v) is 9.51. The van der Waals surface area contributed by atoms with Crippen LogP contribution in [-0.2, 0) is 11.2 Å². The van der Waals surface area contributed by atoms with Crippen molar-refractivity contribution < 1.29 is 4.79 Å². The number of aromatic amines is 1. The van der Waals surface area contributed by atoms with Crippen LogP contribution in [0.15, 0.2) is 47.5 Å². The van der Waals surface area contributed by atoms with Gasteiger partial charge in [0.15, 0.2) is 0 Å². The lowest BCUT2D eigenvalue weighted by Crippen LogP contribution is -2.57. The number of hydrogen-bond acceptors (Lipinski definition) is 5. The van der Waals surface area contributed by atoms with E-state index >= 15 is 0 Å². The zero-order chi connectivity index (χ0) is 20.1. The van der Waals surface area contributed by atoms with Crippen molar-refractivity contribution in [3.05, 3.63) is 58.8 Å². The summed E-state index contributed by atoms with van der Waals surface area (Å²) in [5, 5.41) is 3.26. The minimum absolute atomic E-state index is 0.00596. The van der Waals surface area contributed by atoms with Gasteiger partial charge in [-0.15, -0.1) is 0 Å². The van der Waals surface area contributed by atoms with Gasteiger partial charge in [0.1, 0.15) is 5.69 Å². The highest BCUT2D eigenvalue weighted by molar-refractivity contribution is 5.88. The molecule has 148 valence electrons. The van der Waals surface area contributed by atoms with Crippen LogP contribution in [0, 0.1) is 0 Å². The number of nitrogens with zero attached hydrogens (tertiary/aromatic N) is 3. The molecule has 1 amide bonds. The molecule has 0 spiro atoms. The van der Waals surface area contributed by atoms with Crippen molar-refractivity contribution in [2.75, 3.05) is 39.0 Å². The van der Waals surface area contributed by atoms with Crippen LogP contribution in [0.1, 0.15) is 12.6 Å². The summed E-state index contributed by atoms with van der Waals surface area (Å²) in [7, 11) is 3.91. The van der Waals surface area contributed by atoms with Crippen LogP contribution in [0.3, 0.4) is 0 Å². The number of likely N-dealkylation sites (tertiary alicyclic amines) is 1. The van der Waals surface area contributed by atoms with E-state index in [-0.39, 0.29) is 17.5 Å². The lowest BCUT2D eigenvalue weighted by atomic mass is 10.1. The van der Waals surface area contributed by atoms with E-state index in [1.165, 1.54) is 0 Å². The third-order valence-electron chi connectivity index (χ3n) is 4.70. The van der Waals surface area contributed by atoms with Crippen LogP contribution in [0.25, 0.3) is 11.1 Å². The second kappa shape index (κ2) is 8.84. The van der Waals surface area contributed by atoms with Crippen molar-refractivity contribution in [2.45, 2.75) is 19.4 Å². The monoisotopic (exact) mass is 381 g/mol. The first kappa shape index (κ1) is 19.8. The summed E-state index contributed by atoms with van der Waals surface area (Å²) >= 11 is 0. The van der Waals surface area contributed by atoms with E-state index in [1.54, 1.807) is 23.4 Å². The smallest absolute Gasteiger partial charge is 0.271 e. The van der Waals surface area contributed by atoms with E-state index in [9.17, 15) is 9.59 Å². The van der Waals surface area contributed by atoms with Gasteiger partial charge in [0.05, 0.1) is 6.04 Å². The molecule has 1 aliphatic rings. The largest absolute Gasteiger partial charge is 0.374 e. The number of anilines is 1. The van der Waals surface area contributed by atoms with Gasteiger partial charge in [0, 0.05) is 49.4 Å². The first-order valence-electron chi connectivity index (χ1n) is 9.51.